The number of nitrogens with zero attached hydrogens (tertiary/aromatic N) is 4. The summed E-state index contributed by atoms with van der Waals surface area (Å²) in [5.74, 6) is -0.522. The highest BCUT2D eigenvalue weighted by Gasteiger charge is 2.30. The molecule has 8 heteroatoms. The third kappa shape index (κ3) is 3.34. The number of halogens is 1. The van der Waals surface area contributed by atoms with Gasteiger partial charge in [0.15, 0.2) is 0 Å². The maximum absolute atomic E-state index is 12.0. The van der Waals surface area contributed by atoms with Gasteiger partial charge in [-0.05, 0) is 45.6 Å². The molecule has 0 aliphatic carbocycles. The zero-order chi connectivity index (χ0) is 15.4. The summed E-state index contributed by atoms with van der Waals surface area (Å²) in [4.78, 5) is 28.0. The Kier molecular flexibility index (Phi) is 4.82. The second-order valence-corrected chi connectivity index (χ2v) is 5.50. The molecule has 1 aromatic carbocycles. The van der Waals surface area contributed by atoms with E-state index in [-0.39, 0.29) is 11.8 Å². The van der Waals surface area contributed by atoms with Crippen LogP contribution in [0.15, 0.2) is 27.8 Å². The molecule has 1 unspecified atom stereocenters. The molecule has 0 saturated carbocycles. The summed E-state index contributed by atoms with van der Waals surface area (Å²) in [5.41, 5.74) is 9.33. The number of amides is 1. The predicted octanol–water partition coefficient (Wildman–Crippen LogP) is 2.90. The number of ether oxygens (including phenoxy) is 1. The van der Waals surface area contributed by atoms with Crippen LogP contribution in [-0.2, 0) is 9.53 Å². The van der Waals surface area contributed by atoms with E-state index < -0.39 is 5.97 Å². The highest BCUT2D eigenvalue weighted by molar-refractivity contribution is 9.10. The molecule has 0 aromatic heterocycles. The van der Waals surface area contributed by atoms with E-state index in [1.807, 2.05) is 0 Å². The number of benzene rings is 1. The maximum atomic E-state index is 12.0. The minimum Gasteiger partial charge on any atom is -0.465 e. The first-order chi connectivity index (χ1) is 10.1. The summed E-state index contributed by atoms with van der Waals surface area (Å²) < 4.78 is 5.32. The van der Waals surface area contributed by atoms with Gasteiger partial charge in [-0.15, -0.1) is 0 Å². The number of rotatable bonds is 4. The fourth-order valence-electron chi connectivity index (χ4n) is 2.25. The molecule has 1 heterocycles. The zero-order valence-corrected chi connectivity index (χ0v) is 12.9. The van der Waals surface area contributed by atoms with Crippen molar-refractivity contribution in [3.63, 3.8) is 0 Å². The van der Waals surface area contributed by atoms with Gasteiger partial charge in [-0.25, -0.2) is 4.79 Å². The van der Waals surface area contributed by atoms with Crippen LogP contribution in [-0.4, -0.2) is 32.1 Å². The Morgan fingerprint density at radius 3 is 3.05 bits per heavy atom. The highest BCUT2D eigenvalue weighted by atomic mass is 79.9. The fourth-order valence-corrected chi connectivity index (χ4v) is 2.66. The van der Waals surface area contributed by atoms with Crippen LogP contribution in [0.5, 0.6) is 0 Å². The number of hydrogen-bond acceptors (Lipinski definition) is 4. The number of hydrogen-bond donors (Lipinski definition) is 0. The lowest BCUT2D eigenvalue weighted by atomic mass is 10.1. The first-order valence-electron chi connectivity index (χ1n) is 6.26. The van der Waals surface area contributed by atoms with Gasteiger partial charge in [0.2, 0.25) is 5.91 Å². The molecule has 21 heavy (non-hydrogen) atoms. The molecular formula is C13H13BrN4O3. The molecule has 0 radical (unpaired) electrons. The zero-order valence-electron chi connectivity index (χ0n) is 11.3. The van der Waals surface area contributed by atoms with Gasteiger partial charge in [-0.2, -0.15) is 0 Å². The van der Waals surface area contributed by atoms with Crippen LogP contribution < -0.4 is 4.90 Å². The molecule has 110 valence electrons. The van der Waals surface area contributed by atoms with Gasteiger partial charge < -0.3 is 9.64 Å². The number of esters is 1. The van der Waals surface area contributed by atoms with Gasteiger partial charge in [-0.3, -0.25) is 4.79 Å². The normalized spacial score (nSPS) is 17.5. The van der Waals surface area contributed by atoms with Crippen LogP contribution in [0.25, 0.3) is 10.4 Å². The number of anilines is 1. The number of carbonyl (C=O) groups is 2. The lowest BCUT2D eigenvalue weighted by Crippen LogP contribution is -2.25. The van der Waals surface area contributed by atoms with Crippen molar-refractivity contribution in [1.82, 2.24) is 0 Å². The molecule has 1 aliphatic rings. The third-order valence-electron chi connectivity index (χ3n) is 3.28. The van der Waals surface area contributed by atoms with Crippen LogP contribution in [0.3, 0.4) is 0 Å². The quantitative estimate of drug-likeness (QED) is 0.360. The van der Waals surface area contributed by atoms with Gasteiger partial charge in [0.05, 0.1) is 12.7 Å². The smallest absolute Gasteiger partial charge is 0.339 e. The number of carbonyl (C=O) groups excluding carboxylic acids is 2. The Hall–Kier alpha value is -2.05. The van der Waals surface area contributed by atoms with E-state index in [9.17, 15) is 9.59 Å². The molecule has 1 fully saturated rings. The Morgan fingerprint density at radius 1 is 1.62 bits per heavy atom. The SMILES string of the molecule is COC(=O)c1cc(N2CC(CN=[N+]=[N-])CC2=O)ccc1Br. The van der Waals surface area contributed by atoms with Gasteiger partial charge in [0.25, 0.3) is 0 Å². The van der Waals surface area contributed by atoms with E-state index in [1.54, 1.807) is 23.1 Å². The summed E-state index contributed by atoms with van der Waals surface area (Å²) in [5, 5.41) is 3.51. The van der Waals surface area contributed by atoms with Crippen molar-refractivity contribution >= 4 is 33.5 Å². The molecular weight excluding hydrogens is 340 g/mol. The van der Waals surface area contributed by atoms with Crippen molar-refractivity contribution in [2.45, 2.75) is 6.42 Å². The van der Waals surface area contributed by atoms with Gasteiger partial charge in [-0.1, -0.05) is 5.11 Å². The summed E-state index contributed by atoms with van der Waals surface area (Å²) in [6.45, 7) is 0.763. The van der Waals surface area contributed by atoms with Gasteiger partial charge >= 0.3 is 5.97 Å². The van der Waals surface area contributed by atoms with Crippen LogP contribution >= 0.6 is 15.9 Å². The van der Waals surface area contributed by atoms with Crippen molar-refractivity contribution in [3.8, 4) is 0 Å². The maximum Gasteiger partial charge on any atom is 0.339 e. The summed E-state index contributed by atoms with van der Waals surface area (Å²) in [6, 6.07) is 5.07. The summed E-state index contributed by atoms with van der Waals surface area (Å²) in [6.07, 6.45) is 0.336. The van der Waals surface area contributed by atoms with Crippen molar-refractivity contribution in [2.24, 2.45) is 11.0 Å². The molecule has 0 bridgehead atoms. The fraction of sp³-hybridized carbons (Fsp3) is 0.385. The Morgan fingerprint density at radius 2 is 2.38 bits per heavy atom. The van der Waals surface area contributed by atoms with E-state index in [0.29, 0.717) is 35.2 Å². The van der Waals surface area contributed by atoms with Gasteiger partial charge in [0, 0.05) is 34.6 Å². The van der Waals surface area contributed by atoms with Gasteiger partial charge in [0.1, 0.15) is 0 Å². The molecule has 7 nitrogen and oxygen atoms in total. The molecule has 1 aromatic rings. The first kappa shape index (κ1) is 15.3. The number of methoxy groups -OCH3 is 1. The predicted molar refractivity (Wildman–Crippen MR) is 80.0 cm³/mol. The second-order valence-electron chi connectivity index (χ2n) is 4.64. The van der Waals surface area contributed by atoms with Crippen molar-refractivity contribution in [2.75, 3.05) is 25.1 Å². The van der Waals surface area contributed by atoms with Crippen LogP contribution in [0.4, 0.5) is 5.69 Å². The molecule has 2 rings (SSSR count). The van der Waals surface area contributed by atoms with E-state index >= 15 is 0 Å². The number of azide groups is 1. The van der Waals surface area contributed by atoms with Crippen LogP contribution in [0, 0.1) is 5.92 Å². The van der Waals surface area contributed by atoms with Crippen molar-refractivity contribution in [3.05, 3.63) is 38.7 Å². The first-order valence-corrected chi connectivity index (χ1v) is 7.05. The highest BCUT2D eigenvalue weighted by Crippen LogP contribution is 2.29. The van der Waals surface area contributed by atoms with E-state index in [1.165, 1.54) is 7.11 Å². The van der Waals surface area contributed by atoms with E-state index in [2.05, 4.69) is 26.0 Å². The lowest BCUT2D eigenvalue weighted by molar-refractivity contribution is -0.117. The molecule has 0 N–H and O–H groups in total. The molecule has 1 atom stereocenters. The Labute approximate surface area is 129 Å². The lowest BCUT2D eigenvalue weighted by Gasteiger charge is -2.17. The summed E-state index contributed by atoms with van der Waals surface area (Å²) >= 11 is 3.28. The molecule has 1 amide bonds. The minimum atomic E-state index is -0.471. The average molecular weight is 353 g/mol. The summed E-state index contributed by atoms with van der Waals surface area (Å²) in [7, 11) is 1.30. The largest absolute Gasteiger partial charge is 0.465 e. The molecule has 0 spiro atoms. The standard InChI is InChI=1S/C13H13BrN4O3/c1-21-13(20)10-5-9(2-3-11(10)14)18-7-8(4-12(18)19)6-16-17-15/h2-3,5,8H,4,6-7H2,1H3. The van der Waals surface area contributed by atoms with E-state index in [4.69, 9.17) is 10.3 Å². The van der Waals surface area contributed by atoms with Crippen LogP contribution in [0.2, 0.25) is 0 Å². The Balaban J connectivity index is 2.24. The van der Waals surface area contributed by atoms with Crippen molar-refractivity contribution in [1.29, 1.82) is 0 Å². The third-order valence-corrected chi connectivity index (χ3v) is 3.97. The Bertz CT molecular complexity index is 628. The van der Waals surface area contributed by atoms with E-state index in [0.717, 1.165) is 0 Å². The van der Waals surface area contributed by atoms with Crippen molar-refractivity contribution < 1.29 is 14.3 Å². The monoisotopic (exact) mass is 352 g/mol. The van der Waals surface area contributed by atoms with Crippen LogP contribution in [0.1, 0.15) is 16.8 Å². The molecule has 1 saturated heterocycles. The second kappa shape index (κ2) is 6.60. The molecule has 1 aliphatic heterocycles. The average Bonchev–Trinajstić information content (AvgIpc) is 2.86. The topological polar surface area (TPSA) is 95.4 Å². The minimum absolute atomic E-state index is 0.00127.